The molecule has 5 rings (SSSR count). The predicted molar refractivity (Wildman–Crippen MR) is 170 cm³/mol. The first-order valence-electron chi connectivity index (χ1n) is 14.6. The van der Waals surface area contributed by atoms with Crippen LogP contribution in [0.3, 0.4) is 0 Å². The van der Waals surface area contributed by atoms with Crippen molar-refractivity contribution in [3.8, 4) is 0 Å². The lowest BCUT2D eigenvalue weighted by atomic mass is 9.85. The summed E-state index contributed by atoms with van der Waals surface area (Å²) in [6, 6.07) is 7.64. The fourth-order valence-corrected chi connectivity index (χ4v) is 6.42. The maximum Gasteiger partial charge on any atom is 0.268 e. The fourth-order valence-electron chi connectivity index (χ4n) is 5.69. The van der Waals surface area contributed by atoms with Crippen LogP contribution >= 0.6 is 11.3 Å². The zero-order valence-electron chi connectivity index (χ0n) is 25.0. The van der Waals surface area contributed by atoms with Crippen LogP contribution in [-0.2, 0) is 9.63 Å². The Morgan fingerprint density at radius 2 is 2.07 bits per heavy atom. The Morgan fingerprint density at radius 1 is 1.26 bits per heavy atom. The van der Waals surface area contributed by atoms with E-state index in [0.717, 1.165) is 29.8 Å². The first-order valence-corrected chi connectivity index (χ1v) is 15.5. The lowest BCUT2D eigenvalue weighted by Gasteiger charge is -2.42. The Morgan fingerprint density at radius 3 is 2.74 bits per heavy atom. The van der Waals surface area contributed by atoms with E-state index in [2.05, 4.69) is 71.7 Å². The summed E-state index contributed by atoms with van der Waals surface area (Å²) in [5.41, 5.74) is 4.37. The molecule has 2 aromatic heterocycles. The summed E-state index contributed by atoms with van der Waals surface area (Å²) in [6.45, 7) is 10.1. The highest BCUT2D eigenvalue weighted by atomic mass is 32.1. The number of hydrogen-bond donors (Lipinski definition) is 1. The van der Waals surface area contributed by atoms with E-state index in [1.807, 2.05) is 17.2 Å². The number of carbonyl (C=O) groups is 2. The molecule has 3 atom stereocenters. The Labute approximate surface area is 252 Å². The molecule has 1 N–H and O–H groups in total. The van der Waals surface area contributed by atoms with Gasteiger partial charge < -0.3 is 10.2 Å². The topological polar surface area (TPSA) is 90.4 Å². The number of allylic oxidation sites excluding steroid dienone is 4. The largest absolute Gasteiger partial charge is 0.350 e. The smallest absolute Gasteiger partial charge is 0.268 e. The molecule has 2 aliphatic heterocycles. The third kappa shape index (κ3) is 6.11. The second-order valence-electron chi connectivity index (χ2n) is 10.8. The minimum absolute atomic E-state index is 0.139. The summed E-state index contributed by atoms with van der Waals surface area (Å²) >= 11 is 1.71. The number of dihydropyridines is 1. The Bertz CT molecular complexity index is 1430. The number of likely N-dealkylation sites (N-methyl/N-ethyl adjacent to an activating group) is 2. The van der Waals surface area contributed by atoms with Gasteiger partial charge in [0.1, 0.15) is 11.9 Å². The molecule has 42 heavy (non-hydrogen) atoms. The molecule has 0 saturated carbocycles. The summed E-state index contributed by atoms with van der Waals surface area (Å²) < 4.78 is 0. The van der Waals surface area contributed by atoms with Crippen molar-refractivity contribution >= 4 is 46.3 Å². The minimum atomic E-state index is -0.398. The van der Waals surface area contributed by atoms with Crippen LogP contribution in [0.1, 0.15) is 48.1 Å². The van der Waals surface area contributed by atoms with Crippen LogP contribution in [0, 0.1) is 5.92 Å². The van der Waals surface area contributed by atoms with Crippen molar-refractivity contribution < 1.29 is 14.4 Å². The average Bonchev–Trinajstić information content (AvgIpc) is 3.54. The van der Waals surface area contributed by atoms with Crippen molar-refractivity contribution in [2.75, 3.05) is 51.8 Å². The van der Waals surface area contributed by atoms with Gasteiger partial charge in [0, 0.05) is 60.9 Å². The number of hydrogen-bond acceptors (Lipinski definition) is 8. The van der Waals surface area contributed by atoms with Gasteiger partial charge in [0.05, 0.1) is 12.8 Å². The van der Waals surface area contributed by atoms with E-state index in [0.29, 0.717) is 43.1 Å². The van der Waals surface area contributed by atoms with Crippen molar-refractivity contribution in [2.24, 2.45) is 10.9 Å². The van der Waals surface area contributed by atoms with Crippen LogP contribution in [0.4, 0.5) is 5.82 Å². The number of aromatic nitrogens is 1. The van der Waals surface area contributed by atoms with Crippen LogP contribution in [-0.4, -0.2) is 91.9 Å². The van der Waals surface area contributed by atoms with Gasteiger partial charge >= 0.3 is 0 Å². The minimum Gasteiger partial charge on any atom is -0.350 e. The van der Waals surface area contributed by atoms with E-state index >= 15 is 0 Å². The van der Waals surface area contributed by atoms with Gasteiger partial charge in [0.15, 0.2) is 0 Å². The number of nitrogens with zero attached hydrogens (tertiary/aromatic N) is 5. The summed E-state index contributed by atoms with van der Waals surface area (Å²) in [6.07, 6.45) is 9.16. The molecule has 0 spiro atoms. The van der Waals surface area contributed by atoms with Crippen molar-refractivity contribution in [3.63, 3.8) is 0 Å². The molecule has 0 radical (unpaired) electrons. The highest BCUT2D eigenvalue weighted by molar-refractivity contribution is 7.11. The monoisotopic (exact) mass is 588 g/mol. The number of rotatable bonds is 11. The van der Waals surface area contributed by atoms with E-state index in [9.17, 15) is 9.59 Å². The molecule has 9 nitrogen and oxygen atoms in total. The van der Waals surface area contributed by atoms with Crippen molar-refractivity contribution in [3.05, 3.63) is 69.6 Å². The maximum atomic E-state index is 13.6. The third-order valence-corrected chi connectivity index (χ3v) is 9.30. The Hall–Kier alpha value is -3.60. The van der Waals surface area contributed by atoms with Gasteiger partial charge in [-0.05, 0) is 67.2 Å². The molecular formula is C32H40N6O3S. The number of nitrogens with one attached hydrogen (secondary N) is 1. The van der Waals surface area contributed by atoms with Gasteiger partial charge in [0.2, 0.25) is 0 Å². The van der Waals surface area contributed by atoms with Gasteiger partial charge in [-0.15, -0.1) is 11.3 Å². The van der Waals surface area contributed by atoms with E-state index in [1.54, 1.807) is 24.5 Å². The van der Waals surface area contributed by atoms with Crippen LogP contribution in [0.15, 0.2) is 58.4 Å². The molecule has 1 aliphatic carbocycles. The number of amides is 2. The Balaban J connectivity index is 1.53. The number of thiophene rings is 1. The standard InChI is InChI=1S/C32H40N6O3S/c1-6-37(7-2)21(3)18-34-31(39)24-16-27(35-30(17-24)38-13-12-28(38)32(40)36(4)41-5)26-20-33-19-23-11-10-22(15-25(23)26)29-9-8-14-42-29/h8-11,14-17,20-21,23,28H,6-7,12-13,18-19H2,1-5H3,(H,34,39)/t21-,23?,28-/m0/s1. The summed E-state index contributed by atoms with van der Waals surface area (Å²) in [4.78, 5) is 46.9. The lowest BCUT2D eigenvalue weighted by Crippen LogP contribution is -2.56. The summed E-state index contributed by atoms with van der Waals surface area (Å²) in [5.74, 6) is 0.433. The molecule has 0 aromatic carbocycles. The van der Waals surface area contributed by atoms with Gasteiger partial charge in [-0.2, -0.15) is 0 Å². The van der Waals surface area contributed by atoms with Crippen LogP contribution < -0.4 is 10.2 Å². The van der Waals surface area contributed by atoms with Gasteiger partial charge in [-0.25, -0.2) is 10.0 Å². The van der Waals surface area contributed by atoms with E-state index in [-0.39, 0.29) is 23.8 Å². The number of hydroxylamine groups is 2. The molecular weight excluding hydrogens is 548 g/mol. The second-order valence-corrected chi connectivity index (χ2v) is 11.7. The lowest BCUT2D eigenvalue weighted by molar-refractivity contribution is -0.171. The van der Waals surface area contributed by atoms with Crippen LogP contribution in [0.2, 0.25) is 0 Å². The van der Waals surface area contributed by atoms with Gasteiger partial charge in [-0.1, -0.05) is 32.1 Å². The molecule has 0 bridgehead atoms. The summed E-state index contributed by atoms with van der Waals surface area (Å²) in [7, 11) is 3.09. The number of anilines is 1. The first kappa shape index (κ1) is 29.9. The summed E-state index contributed by atoms with van der Waals surface area (Å²) in [5, 5.41) is 6.46. The van der Waals surface area contributed by atoms with Gasteiger partial charge in [-0.3, -0.25) is 24.3 Å². The van der Waals surface area contributed by atoms with Crippen LogP contribution in [0.5, 0.6) is 0 Å². The highest BCUT2D eigenvalue weighted by Gasteiger charge is 2.38. The van der Waals surface area contributed by atoms with E-state index in [1.165, 1.54) is 17.1 Å². The third-order valence-electron chi connectivity index (χ3n) is 8.38. The normalized spacial score (nSPS) is 20.2. The Kier molecular flexibility index (Phi) is 9.35. The molecule has 3 aliphatic rings. The first-order chi connectivity index (χ1) is 20.3. The quantitative estimate of drug-likeness (QED) is 0.394. The van der Waals surface area contributed by atoms with Crippen molar-refractivity contribution in [1.82, 2.24) is 20.3 Å². The number of aliphatic imine (C=N–C) groups is 1. The second kappa shape index (κ2) is 13.1. The van der Waals surface area contributed by atoms with E-state index < -0.39 is 6.04 Å². The van der Waals surface area contributed by atoms with Crippen molar-refractivity contribution in [2.45, 2.75) is 39.3 Å². The number of pyridine rings is 1. The van der Waals surface area contributed by atoms with Crippen molar-refractivity contribution in [1.29, 1.82) is 0 Å². The fraction of sp³-hybridized carbons (Fsp3) is 0.438. The zero-order chi connectivity index (χ0) is 29.8. The van der Waals surface area contributed by atoms with Gasteiger partial charge in [0.25, 0.3) is 11.8 Å². The molecule has 2 aromatic rings. The molecule has 2 amide bonds. The number of carbonyl (C=O) groups excluding carboxylic acids is 2. The highest BCUT2D eigenvalue weighted by Crippen LogP contribution is 2.37. The molecule has 1 unspecified atom stereocenters. The molecule has 4 heterocycles. The number of fused-ring (bicyclic) bond motifs is 1. The maximum absolute atomic E-state index is 13.6. The SMILES string of the molecule is CCN(CC)[C@@H](C)CNC(=O)c1cc(C2=C3C=C(c4cccs4)C=CC3CN=C2)nc(N2CC[C@H]2C(=O)N(C)OC)c1. The van der Waals surface area contributed by atoms with Crippen LogP contribution in [0.25, 0.3) is 11.1 Å². The predicted octanol–water partition coefficient (Wildman–Crippen LogP) is 4.31. The van der Waals surface area contributed by atoms with E-state index in [4.69, 9.17) is 9.82 Å². The zero-order valence-corrected chi connectivity index (χ0v) is 25.9. The molecule has 222 valence electrons. The average molecular weight is 589 g/mol. The molecule has 10 heteroatoms. The molecule has 1 fully saturated rings. The molecule has 1 saturated heterocycles.